The molecule has 9 heteroatoms. The number of methoxy groups -OCH3 is 1. The summed E-state index contributed by atoms with van der Waals surface area (Å²) in [6, 6.07) is 10.3. The summed E-state index contributed by atoms with van der Waals surface area (Å²) in [5.74, 6) is 0.849. The van der Waals surface area contributed by atoms with E-state index in [2.05, 4.69) is 0 Å². The van der Waals surface area contributed by atoms with E-state index >= 15 is 0 Å². The molecule has 2 aromatic carbocycles. The average molecular weight is 337 g/mol. The number of hydrogen-bond acceptors (Lipinski definition) is 7. The Morgan fingerprint density at radius 2 is 1.96 bits per heavy atom. The lowest BCUT2D eigenvalue weighted by Crippen LogP contribution is -2.12. The van der Waals surface area contributed by atoms with Crippen molar-refractivity contribution >= 4 is 13.5 Å². The number of para-hydroxylation sites is 1. The molecular weight excluding hydrogens is 325 g/mol. The van der Waals surface area contributed by atoms with Crippen molar-refractivity contribution in [1.29, 1.82) is 0 Å². The monoisotopic (exact) mass is 337 g/mol. The smallest absolute Gasteiger partial charge is 0.493 e. The second-order valence-corrected chi connectivity index (χ2v) is 6.12. The maximum atomic E-state index is 12.6. The Morgan fingerprint density at radius 1 is 1.22 bits per heavy atom. The van der Waals surface area contributed by atoms with Gasteiger partial charge in [0.05, 0.1) is 18.6 Å². The molecule has 0 radical (unpaired) electrons. The number of hydrogen-bond donors (Lipinski definition) is 0. The van der Waals surface area contributed by atoms with Gasteiger partial charge < -0.3 is 13.8 Å². The van der Waals surface area contributed by atoms with Crippen molar-refractivity contribution in [3.8, 4) is 17.2 Å². The molecule has 120 valence electrons. The second kappa shape index (κ2) is 5.91. The van der Waals surface area contributed by atoms with E-state index in [0.29, 0.717) is 17.1 Å². The molecule has 1 atom stereocenters. The fourth-order valence-electron chi connectivity index (χ4n) is 2.03. The van der Waals surface area contributed by atoms with Gasteiger partial charge in [-0.3, -0.25) is 14.6 Å². The van der Waals surface area contributed by atoms with Crippen LogP contribution in [0.2, 0.25) is 0 Å². The maximum absolute atomic E-state index is 12.6. The van der Waals surface area contributed by atoms with Crippen LogP contribution in [0.3, 0.4) is 0 Å². The number of non-ortho nitro benzene ring substituents is 1. The first kappa shape index (κ1) is 15.3. The van der Waals surface area contributed by atoms with Crippen molar-refractivity contribution in [2.24, 2.45) is 0 Å². The second-order valence-electron chi connectivity index (χ2n) is 4.60. The number of ether oxygens (including phenoxy) is 1. The number of rotatable bonds is 4. The third-order valence-corrected chi connectivity index (χ3v) is 4.41. The lowest BCUT2D eigenvalue weighted by Gasteiger charge is -2.25. The zero-order chi connectivity index (χ0) is 16.4. The Labute approximate surface area is 131 Å². The molecule has 8 nitrogen and oxygen atoms in total. The minimum absolute atomic E-state index is 0.0385. The topological polar surface area (TPSA) is 97.1 Å². The van der Waals surface area contributed by atoms with Crippen LogP contribution in [0.15, 0.2) is 42.5 Å². The highest BCUT2D eigenvalue weighted by Crippen LogP contribution is 2.56. The van der Waals surface area contributed by atoms with Crippen LogP contribution in [-0.2, 0) is 15.7 Å². The van der Waals surface area contributed by atoms with Gasteiger partial charge in [0.2, 0.25) is 0 Å². The molecule has 0 bridgehead atoms. The van der Waals surface area contributed by atoms with Crippen LogP contribution in [0.1, 0.15) is 5.56 Å². The highest BCUT2D eigenvalue weighted by Gasteiger charge is 2.37. The third-order valence-electron chi connectivity index (χ3n) is 3.13. The Balaban J connectivity index is 1.83. The molecule has 1 aliphatic rings. The van der Waals surface area contributed by atoms with Crippen molar-refractivity contribution in [3.05, 3.63) is 58.1 Å². The van der Waals surface area contributed by atoms with E-state index in [0.717, 1.165) is 0 Å². The lowest BCUT2D eigenvalue weighted by atomic mass is 10.2. The van der Waals surface area contributed by atoms with Gasteiger partial charge in [-0.15, -0.1) is 0 Å². The Bertz CT molecular complexity index is 776. The molecule has 0 spiro atoms. The van der Waals surface area contributed by atoms with Crippen molar-refractivity contribution in [1.82, 2.24) is 0 Å². The summed E-state index contributed by atoms with van der Waals surface area (Å²) in [5.41, 5.74) is 0.580. The summed E-state index contributed by atoms with van der Waals surface area (Å²) in [7, 11) is -2.43. The third kappa shape index (κ3) is 3.13. The van der Waals surface area contributed by atoms with Gasteiger partial charge in [0.15, 0.2) is 11.5 Å². The molecule has 3 rings (SSSR count). The number of nitrogens with zero attached hydrogens (tertiary/aromatic N) is 1. The van der Waals surface area contributed by atoms with Crippen LogP contribution in [0.25, 0.3) is 0 Å². The summed E-state index contributed by atoms with van der Waals surface area (Å²) in [6.07, 6.45) is 0. The molecule has 23 heavy (non-hydrogen) atoms. The summed E-state index contributed by atoms with van der Waals surface area (Å²) in [4.78, 5) is 10.1. The molecule has 0 amide bonds. The minimum Gasteiger partial charge on any atom is -0.493 e. The van der Waals surface area contributed by atoms with Gasteiger partial charge in [-0.2, -0.15) is 0 Å². The van der Waals surface area contributed by atoms with Gasteiger partial charge in [0.25, 0.3) is 5.69 Å². The lowest BCUT2D eigenvalue weighted by molar-refractivity contribution is -0.384. The Hall–Kier alpha value is -2.57. The molecule has 0 aromatic heterocycles. The number of phosphoric acid groups is 1. The van der Waals surface area contributed by atoms with Crippen molar-refractivity contribution < 1.29 is 27.8 Å². The molecule has 1 unspecified atom stereocenters. The number of fused-ring (bicyclic) bond motifs is 1. The van der Waals surface area contributed by atoms with E-state index in [9.17, 15) is 14.7 Å². The molecule has 0 N–H and O–H groups in total. The van der Waals surface area contributed by atoms with Gasteiger partial charge in [-0.25, -0.2) is 4.57 Å². The van der Waals surface area contributed by atoms with Crippen molar-refractivity contribution in [2.75, 3.05) is 7.11 Å². The van der Waals surface area contributed by atoms with Gasteiger partial charge in [-0.1, -0.05) is 12.1 Å². The highest BCUT2D eigenvalue weighted by molar-refractivity contribution is 7.49. The first-order chi connectivity index (χ1) is 11.0. The first-order valence-electron chi connectivity index (χ1n) is 6.55. The van der Waals surface area contributed by atoms with E-state index in [1.54, 1.807) is 18.2 Å². The Morgan fingerprint density at radius 3 is 2.61 bits per heavy atom. The molecule has 2 aromatic rings. The van der Waals surface area contributed by atoms with Crippen LogP contribution < -0.4 is 13.8 Å². The fourth-order valence-corrected chi connectivity index (χ4v) is 3.28. The van der Waals surface area contributed by atoms with Gasteiger partial charge >= 0.3 is 7.82 Å². The van der Waals surface area contributed by atoms with Gasteiger partial charge in [-0.05, 0) is 18.2 Å². The van der Waals surface area contributed by atoms with E-state index in [1.807, 2.05) is 0 Å². The Kier molecular flexibility index (Phi) is 3.94. The predicted octanol–water partition coefficient (Wildman–Crippen LogP) is 3.70. The molecular formula is C14H12NO7P. The normalized spacial score (nSPS) is 19.3. The van der Waals surface area contributed by atoms with Crippen LogP contribution in [0.4, 0.5) is 5.69 Å². The van der Waals surface area contributed by atoms with Crippen LogP contribution >= 0.6 is 7.82 Å². The zero-order valence-electron chi connectivity index (χ0n) is 12.0. The summed E-state index contributed by atoms with van der Waals surface area (Å²) >= 11 is 0. The van der Waals surface area contributed by atoms with E-state index in [1.165, 1.54) is 31.4 Å². The average Bonchev–Trinajstić information content (AvgIpc) is 2.54. The first-order valence-corrected chi connectivity index (χ1v) is 8.01. The standard InChI is InChI=1S/C14H12NO7P/c1-19-13-4-2-3-10-9-20-23(18,22-14(10)13)21-12-7-5-11(6-8-12)15(16)17/h2-8H,9H2,1H3. The van der Waals surface area contributed by atoms with Gasteiger partial charge in [0, 0.05) is 17.7 Å². The molecule has 1 aliphatic heterocycles. The SMILES string of the molecule is COc1cccc2c1OP(=O)(Oc1ccc([N+](=O)[O-])cc1)OC2. The van der Waals surface area contributed by atoms with Crippen LogP contribution in [0, 0.1) is 10.1 Å². The largest absolute Gasteiger partial charge is 0.588 e. The maximum Gasteiger partial charge on any atom is 0.588 e. The van der Waals surface area contributed by atoms with Gasteiger partial charge in [0.1, 0.15) is 5.75 Å². The summed E-state index contributed by atoms with van der Waals surface area (Å²) in [5, 5.41) is 10.6. The van der Waals surface area contributed by atoms with Crippen LogP contribution in [-0.4, -0.2) is 12.0 Å². The molecule has 0 saturated heterocycles. The number of benzene rings is 2. The number of nitro groups is 1. The van der Waals surface area contributed by atoms with E-state index < -0.39 is 12.7 Å². The van der Waals surface area contributed by atoms with Crippen LogP contribution in [0.5, 0.6) is 17.2 Å². The minimum atomic E-state index is -3.90. The molecule has 1 heterocycles. The van der Waals surface area contributed by atoms with E-state index in [4.69, 9.17) is 18.3 Å². The van der Waals surface area contributed by atoms with E-state index in [-0.39, 0.29) is 18.0 Å². The molecule has 0 saturated carbocycles. The predicted molar refractivity (Wildman–Crippen MR) is 79.7 cm³/mol. The number of nitro benzene ring substituents is 1. The van der Waals surface area contributed by atoms with Crippen molar-refractivity contribution in [3.63, 3.8) is 0 Å². The summed E-state index contributed by atoms with van der Waals surface area (Å²) in [6.45, 7) is 0.0385. The quantitative estimate of drug-likeness (QED) is 0.476. The number of phosphoric ester groups is 1. The fraction of sp³-hybridized carbons (Fsp3) is 0.143. The molecule has 0 aliphatic carbocycles. The zero-order valence-corrected chi connectivity index (χ0v) is 12.9. The molecule has 0 fully saturated rings. The summed E-state index contributed by atoms with van der Waals surface area (Å²) < 4.78 is 33.6. The van der Waals surface area contributed by atoms with Crippen molar-refractivity contribution in [2.45, 2.75) is 6.61 Å². The highest BCUT2D eigenvalue weighted by atomic mass is 31.2.